The van der Waals surface area contributed by atoms with Crippen LogP contribution in [-0.2, 0) is 4.79 Å². The summed E-state index contributed by atoms with van der Waals surface area (Å²) in [5.41, 5.74) is 1.69. The van der Waals surface area contributed by atoms with Crippen LogP contribution in [0.3, 0.4) is 0 Å². The van der Waals surface area contributed by atoms with Gasteiger partial charge < -0.3 is 10.6 Å². The number of aryl methyl sites for hydroxylation is 1. The lowest BCUT2D eigenvalue weighted by atomic mass is 10.1. The number of hydrogen-bond donors (Lipinski definition) is 2. The number of carbonyl (C=O) groups is 3. The van der Waals surface area contributed by atoms with E-state index in [1.807, 2.05) is 0 Å². The zero-order valence-corrected chi connectivity index (χ0v) is 16.1. The van der Waals surface area contributed by atoms with Gasteiger partial charge in [-0.05, 0) is 42.9 Å². The minimum Gasteiger partial charge on any atom is -0.332 e. The van der Waals surface area contributed by atoms with Crippen LogP contribution in [0.25, 0.3) is 0 Å². The number of anilines is 1. The molecule has 0 aliphatic carbocycles. The van der Waals surface area contributed by atoms with Crippen LogP contribution in [0, 0.1) is 17.0 Å². The first-order chi connectivity index (χ1) is 13.8. The van der Waals surface area contributed by atoms with E-state index in [9.17, 15) is 24.5 Å². The maximum absolute atomic E-state index is 12.3. The molecule has 0 saturated heterocycles. The fourth-order valence-corrected chi connectivity index (χ4v) is 3.12. The molecule has 2 N–H and O–H groups in total. The Labute approximate surface area is 170 Å². The van der Waals surface area contributed by atoms with Crippen LogP contribution in [0.4, 0.5) is 11.4 Å². The SMILES string of the molecule is Cc1cc([N+](=O)[O-])ccc1NC(=S)NC(=O)CCN1C(=O)c2ccccc2C1=O. The van der Waals surface area contributed by atoms with Crippen LogP contribution in [0.2, 0.25) is 0 Å². The number of nitro benzene ring substituents is 1. The summed E-state index contributed by atoms with van der Waals surface area (Å²) in [7, 11) is 0. The molecule has 0 aromatic heterocycles. The Kier molecular flexibility index (Phi) is 5.64. The predicted octanol–water partition coefficient (Wildman–Crippen LogP) is 2.40. The van der Waals surface area contributed by atoms with Gasteiger partial charge in [0.05, 0.1) is 16.1 Å². The lowest BCUT2D eigenvalue weighted by Gasteiger charge is -2.14. The maximum Gasteiger partial charge on any atom is 0.269 e. The predicted molar refractivity (Wildman–Crippen MR) is 109 cm³/mol. The Morgan fingerprint density at radius 1 is 1.14 bits per heavy atom. The third-order valence-corrected chi connectivity index (χ3v) is 4.57. The van der Waals surface area contributed by atoms with Gasteiger partial charge in [0.1, 0.15) is 0 Å². The van der Waals surface area contributed by atoms with Gasteiger partial charge in [0.25, 0.3) is 17.5 Å². The van der Waals surface area contributed by atoms with Crippen molar-refractivity contribution in [2.45, 2.75) is 13.3 Å². The first kappa shape index (κ1) is 20.1. The van der Waals surface area contributed by atoms with Gasteiger partial charge >= 0.3 is 0 Å². The molecule has 29 heavy (non-hydrogen) atoms. The first-order valence-electron chi connectivity index (χ1n) is 8.59. The second-order valence-electron chi connectivity index (χ2n) is 6.32. The zero-order valence-electron chi connectivity index (χ0n) is 15.3. The Bertz CT molecular complexity index is 1020. The molecule has 1 aliphatic heterocycles. The van der Waals surface area contributed by atoms with Crippen molar-refractivity contribution in [3.05, 3.63) is 69.3 Å². The highest BCUT2D eigenvalue weighted by atomic mass is 32.1. The van der Waals surface area contributed by atoms with Crippen molar-refractivity contribution in [2.24, 2.45) is 0 Å². The highest BCUT2D eigenvalue weighted by Gasteiger charge is 2.34. The Balaban J connectivity index is 1.54. The smallest absolute Gasteiger partial charge is 0.269 e. The lowest BCUT2D eigenvalue weighted by molar-refractivity contribution is -0.384. The molecule has 2 aromatic rings. The van der Waals surface area contributed by atoms with Crippen molar-refractivity contribution < 1.29 is 19.3 Å². The number of fused-ring (bicyclic) bond motifs is 1. The van der Waals surface area contributed by atoms with E-state index in [0.29, 0.717) is 22.4 Å². The van der Waals surface area contributed by atoms with E-state index in [4.69, 9.17) is 12.2 Å². The fourth-order valence-electron chi connectivity index (χ4n) is 2.90. The topological polar surface area (TPSA) is 122 Å². The highest BCUT2D eigenvalue weighted by molar-refractivity contribution is 7.80. The Morgan fingerprint density at radius 3 is 2.31 bits per heavy atom. The van der Waals surface area contributed by atoms with E-state index in [2.05, 4.69) is 10.6 Å². The molecule has 0 saturated carbocycles. The molecule has 1 heterocycles. The van der Waals surface area contributed by atoms with E-state index in [1.54, 1.807) is 31.2 Å². The van der Waals surface area contributed by atoms with Gasteiger partial charge in [-0.25, -0.2) is 0 Å². The number of thiocarbonyl (C=S) groups is 1. The molecule has 0 spiro atoms. The molecule has 3 amide bonds. The minimum atomic E-state index is -0.504. The van der Waals surface area contributed by atoms with Gasteiger partial charge in [-0.1, -0.05) is 12.1 Å². The van der Waals surface area contributed by atoms with E-state index < -0.39 is 22.6 Å². The minimum absolute atomic E-state index is 0.00862. The van der Waals surface area contributed by atoms with Crippen molar-refractivity contribution in [3.8, 4) is 0 Å². The summed E-state index contributed by atoms with van der Waals surface area (Å²) < 4.78 is 0. The van der Waals surface area contributed by atoms with Crippen molar-refractivity contribution >= 4 is 46.4 Å². The van der Waals surface area contributed by atoms with Crippen LogP contribution in [0.1, 0.15) is 32.7 Å². The zero-order chi connectivity index (χ0) is 21.1. The number of hydrogen-bond acceptors (Lipinski definition) is 6. The number of imide groups is 1. The second kappa shape index (κ2) is 8.15. The number of non-ortho nitro benzene ring substituents is 1. The van der Waals surface area contributed by atoms with Crippen molar-refractivity contribution in [1.82, 2.24) is 10.2 Å². The number of nitro groups is 1. The Hall–Kier alpha value is -3.66. The van der Waals surface area contributed by atoms with Crippen LogP contribution < -0.4 is 10.6 Å². The number of nitrogens with one attached hydrogen (secondary N) is 2. The summed E-state index contributed by atoms with van der Waals surface area (Å²) in [6, 6.07) is 10.7. The average Bonchev–Trinajstić information content (AvgIpc) is 2.92. The van der Waals surface area contributed by atoms with Crippen LogP contribution in [-0.4, -0.2) is 39.2 Å². The molecule has 0 unspecified atom stereocenters. The summed E-state index contributed by atoms with van der Waals surface area (Å²) >= 11 is 5.08. The summed E-state index contributed by atoms with van der Waals surface area (Å²) in [6.07, 6.45) is -0.119. The van der Waals surface area contributed by atoms with Crippen LogP contribution in [0.15, 0.2) is 42.5 Å². The summed E-state index contributed by atoms with van der Waals surface area (Å²) in [4.78, 5) is 48.0. The molecular formula is C19H16N4O5S. The second-order valence-corrected chi connectivity index (χ2v) is 6.72. The van der Waals surface area contributed by atoms with E-state index in [1.165, 1.54) is 18.2 Å². The van der Waals surface area contributed by atoms with Crippen LogP contribution in [0.5, 0.6) is 0 Å². The molecular weight excluding hydrogens is 396 g/mol. The third kappa shape index (κ3) is 4.27. The summed E-state index contributed by atoms with van der Waals surface area (Å²) in [5, 5.41) is 16.1. The maximum atomic E-state index is 12.3. The molecule has 3 rings (SSSR count). The van der Waals surface area contributed by atoms with Crippen LogP contribution >= 0.6 is 12.2 Å². The van der Waals surface area contributed by atoms with Gasteiger partial charge in [0.15, 0.2) is 5.11 Å². The number of benzene rings is 2. The molecule has 0 radical (unpaired) electrons. The van der Waals surface area contributed by atoms with Gasteiger partial charge in [-0.2, -0.15) is 0 Å². The third-order valence-electron chi connectivity index (χ3n) is 4.36. The van der Waals surface area contributed by atoms with Gasteiger partial charge in [-0.3, -0.25) is 29.4 Å². The fraction of sp³-hybridized carbons (Fsp3) is 0.158. The number of rotatable bonds is 5. The molecule has 0 bridgehead atoms. The number of amides is 3. The van der Waals surface area contributed by atoms with Crippen molar-refractivity contribution in [3.63, 3.8) is 0 Å². The molecule has 0 atom stereocenters. The molecule has 10 heteroatoms. The lowest BCUT2D eigenvalue weighted by Crippen LogP contribution is -2.38. The quantitative estimate of drug-likeness (QED) is 0.335. The first-order valence-corrected chi connectivity index (χ1v) is 9.00. The largest absolute Gasteiger partial charge is 0.332 e. The molecule has 9 nitrogen and oxygen atoms in total. The van der Waals surface area contributed by atoms with Gasteiger partial charge in [0.2, 0.25) is 5.91 Å². The van der Waals surface area contributed by atoms with E-state index in [-0.39, 0.29) is 23.8 Å². The van der Waals surface area contributed by atoms with Crippen molar-refractivity contribution in [2.75, 3.05) is 11.9 Å². The van der Waals surface area contributed by atoms with E-state index >= 15 is 0 Å². The highest BCUT2D eigenvalue weighted by Crippen LogP contribution is 2.23. The summed E-state index contributed by atoms with van der Waals surface area (Å²) in [6.45, 7) is 1.60. The number of carbonyl (C=O) groups excluding carboxylic acids is 3. The number of nitrogens with zero attached hydrogens (tertiary/aromatic N) is 2. The average molecular weight is 412 g/mol. The standard InChI is InChI=1S/C19H16N4O5S/c1-11-10-12(23(27)28)6-7-15(11)20-19(29)21-16(24)8-9-22-17(25)13-4-2-3-5-14(13)18(22)26/h2-7,10H,8-9H2,1H3,(H2,20,21,24,29). The van der Waals surface area contributed by atoms with E-state index in [0.717, 1.165) is 4.90 Å². The Morgan fingerprint density at radius 2 is 1.76 bits per heavy atom. The van der Waals surface area contributed by atoms with Gasteiger partial charge in [-0.15, -0.1) is 0 Å². The molecule has 1 aliphatic rings. The van der Waals surface area contributed by atoms with Gasteiger partial charge in [0, 0.05) is 30.8 Å². The van der Waals surface area contributed by atoms with Crippen molar-refractivity contribution in [1.29, 1.82) is 0 Å². The molecule has 148 valence electrons. The normalized spacial score (nSPS) is 12.5. The summed E-state index contributed by atoms with van der Waals surface area (Å²) in [5.74, 6) is -1.33. The molecule has 2 aromatic carbocycles. The monoisotopic (exact) mass is 412 g/mol. The molecule has 0 fully saturated rings.